The average molecular weight is 510 g/mol. The number of carbonyl (C=O) groups is 6. The first-order chi connectivity index (χ1) is 15.9. The van der Waals surface area contributed by atoms with E-state index in [9.17, 15) is 59.4 Å². The smallest absolute Gasteiger partial charge is 0.0666 e. The van der Waals surface area contributed by atoms with E-state index in [4.69, 9.17) is 0 Å². The van der Waals surface area contributed by atoms with Crippen LogP contribution in [0.25, 0.3) is 0 Å². The summed E-state index contributed by atoms with van der Waals surface area (Å²) in [4.78, 5) is 56.9. The normalized spacial score (nSPS) is 7.50. The van der Waals surface area contributed by atoms with Crippen LogP contribution in [-0.4, -0.2) is 35.8 Å². The maximum absolute atomic E-state index is 9.49. The zero-order valence-electron chi connectivity index (χ0n) is 21.1. The van der Waals surface area contributed by atoms with Crippen molar-refractivity contribution >= 4 is 35.8 Å². The molecule has 0 aliphatic heterocycles. The summed E-state index contributed by atoms with van der Waals surface area (Å²) >= 11 is 0. The summed E-state index contributed by atoms with van der Waals surface area (Å²) in [6.07, 6.45) is 0. The van der Waals surface area contributed by atoms with Crippen molar-refractivity contribution in [2.24, 2.45) is 0 Å². The predicted molar refractivity (Wildman–Crippen MR) is 119 cm³/mol. The number of carboxylic acid groups (broad SMARTS) is 6. The lowest BCUT2D eigenvalue weighted by Gasteiger charge is -1.93. The van der Waals surface area contributed by atoms with Crippen LogP contribution in [0.1, 0.15) is 41.5 Å². The molecule has 0 fully saturated rings. The molecule has 0 rings (SSSR count). The highest BCUT2D eigenvalue weighted by Crippen LogP contribution is 1.79. The Morgan fingerprint density at radius 2 is 0.333 bits per heavy atom. The molecule has 0 aliphatic rings. The number of hydrogen-bond acceptors (Lipinski definition) is 12. The molecular weight excluding hydrogens is 480 g/mol. The molecule has 0 aliphatic carbocycles. The van der Waals surface area contributed by atoms with Gasteiger partial charge in [-0.3, -0.25) is 0 Å². The summed E-state index contributed by atoms with van der Waals surface area (Å²) in [5, 5.41) is 56.9. The summed E-state index contributed by atoms with van der Waals surface area (Å²) in [6.45, 7) is 26.9. The van der Waals surface area contributed by atoms with Gasteiger partial charge in [0.1, 0.15) is 0 Å². The molecule has 12 nitrogen and oxygen atoms in total. The Labute approximate surface area is 210 Å². The van der Waals surface area contributed by atoms with E-state index in [1.165, 1.54) is 41.5 Å². The van der Waals surface area contributed by atoms with Gasteiger partial charge in [0.15, 0.2) is 0 Å². The van der Waals surface area contributed by atoms with Crippen LogP contribution in [0.5, 0.6) is 0 Å². The molecule has 0 aromatic rings. The van der Waals surface area contributed by atoms with Crippen LogP contribution in [-0.2, 0) is 28.8 Å². The molecule has 0 aromatic heterocycles. The number of hydrogen-bond donors (Lipinski definition) is 0. The monoisotopic (exact) mass is 510 g/mol. The average Bonchev–Trinajstić information content (AvgIpc) is 2.69. The Morgan fingerprint density at radius 3 is 0.333 bits per heavy atom. The highest BCUT2D eigenvalue weighted by atomic mass is 16.4. The quantitative estimate of drug-likeness (QED) is 0.309. The first-order valence-corrected chi connectivity index (χ1v) is 9.07. The highest BCUT2D eigenvalue weighted by Gasteiger charge is 1.78. The minimum atomic E-state index is -1.19. The summed E-state index contributed by atoms with van der Waals surface area (Å²) in [7, 11) is 0. The Hall–Kier alpha value is -4.74. The maximum atomic E-state index is 9.49. The minimum Gasteiger partial charge on any atom is -0.545 e. The Kier molecular flexibility index (Phi) is 33.0. The molecule has 0 saturated heterocycles. The van der Waals surface area contributed by atoms with E-state index in [0.29, 0.717) is 0 Å². The Bertz CT molecular complexity index is 615. The number of rotatable bonds is 6. The van der Waals surface area contributed by atoms with Crippen LogP contribution in [0.3, 0.4) is 0 Å². The standard InChI is InChI=1S/6C4H6O2/c6*1-3(2)4(5)6/h6*1H2,2H3,(H,5,6)/p-6. The summed E-state index contributed by atoms with van der Waals surface area (Å²) < 4.78 is 0. The van der Waals surface area contributed by atoms with Crippen LogP contribution in [0, 0.1) is 0 Å². The van der Waals surface area contributed by atoms with Gasteiger partial charge < -0.3 is 59.4 Å². The van der Waals surface area contributed by atoms with Gasteiger partial charge in [0.05, 0.1) is 35.8 Å². The molecule has 0 amide bonds. The molecule has 36 heavy (non-hydrogen) atoms. The third-order valence-corrected chi connectivity index (χ3v) is 2.09. The minimum absolute atomic E-state index is 0.0648. The molecule has 0 spiro atoms. The topological polar surface area (TPSA) is 241 Å². The van der Waals surface area contributed by atoms with E-state index in [0.717, 1.165) is 0 Å². The molecule has 12 heteroatoms. The van der Waals surface area contributed by atoms with Crippen molar-refractivity contribution in [3.63, 3.8) is 0 Å². The fourth-order valence-electron chi connectivity index (χ4n) is 0. The zero-order chi connectivity index (χ0) is 30.9. The van der Waals surface area contributed by atoms with Gasteiger partial charge in [0.25, 0.3) is 0 Å². The molecular formula is C24H30O12-6. The number of carboxylic acids is 6. The molecule has 0 heterocycles. The fourth-order valence-corrected chi connectivity index (χ4v) is 0. The van der Waals surface area contributed by atoms with Crippen LogP contribution in [0.15, 0.2) is 72.9 Å². The first kappa shape index (κ1) is 44.9. The van der Waals surface area contributed by atoms with Gasteiger partial charge in [-0.25, -0.2) is 0 Å². The summed E-state index contributed by atoms with van der Waals surface area (Å²) in [5.74, 6) is -7.11. The molecule has 0 radical (unpaired) electrons. The summed E-state index contributed by atoms with van der Waals surface area (Å²) in [6, 6.07) is 0. The van der Waals surface area contributed by atoms with Crippen LogP contribution in [0.2, 0.25) is 0 Å². The van der Waals surface area contributed by atoms with Crippen molar-refractivity contribution in [3.05, 3.63) is 72.9 Å². The van der Waals surface area contributed by atoms with E-state index in [1.807, 2.05) is 0 Å². The molecule has 204 valence electrons. The molecule has 0 saturated carbocycles. The maximum Gasteiger partial charge on any atom is 0.0666 e. The number of carbonyl (C=O) groups excluding carboxylic acids is 6. The van der Waals surface area contributed by atoms with E-state index in [1.54, 1.807) is 0 Å². The molecule has 0 atom stereocenters. The largest absolute Gasteiger partial charge is 0.545 e. The van der Waals surface area contributed by atoms with Gasteiger partial charge in [0, 0.05) is 0 Å². The molecule has 0 bridgehead atoms. The van der Waals surface area contributed by atoms with Crippen LogP contribution < -0.4 is 30.6 Å². The van der Waals surface area contributed by atoms with Gasteiger partial charge >= 0.3 is 0 Å². The lowest BCUT2D eigenvalue weighted by atomic mass is 10.4. The lowest BCUT2D eigenvalue weighted by Crippen LogP contribution is -2.22. The van der Waals surface area contributed by atoms with Crippen LogP contribution >= 0.6 is 0 Å². The van der Waals surface area contributed by atoms with E-state index in [-0.39, 0.29) is 33.4 Å². The molecule has 0 N–H and O–H groups in total. The van der Waals surface area contributed by atoms with Crippen molar-refractivity contribution in [2.75, 3.05) is 0 Å². The first-order valence-electron chi connectivity index (χ1n) is 9.07. The SMILES string of the molecule is C=C(C)C(=O)[O-].C=C(C)C(=O)[O-].C=C(C)C(=O)[O-].C=C(C)C(=O)[O-].C=C(C)C(=O)[O-].C=C(C)C(=O)[O-]. The molecule has 0 unspecified atom stereocenters. The molecule has 0 aromatic carbocycles. The lowest BCUT2D eigenvalue weighted by molar-refractivity contribution is -0.300. The van der Waals surface area contributed by atoms with Crippen molar-refractivity contribution in [1.29, 1.82) is 0 Å². The van der Waals surface area contributed by atoms with E-state index >= 15 is 0 Å². The van der Waals surface area contributed by atoms with Gasteiger partial charge in [-0.2, -0.15) is 0 Å². The Balaban J connectivity index is -0.0000000750. The van der Waals surface area contributed by atoms with E-state index in [2.05, 4.69) is 39.5 Å². The third-order valence-electron chi connectivity index (χ3n) is 2.09. The van der Waals surface area contributed by atoms with Crippen molar-refractivity contribution in [2.45, 2.75) is 41.5 Å². The zero-order valence-corrected chi connectivity index (χ0v) is 21.1. The van der Waals surface area contributed by atoms with Gasteiger partial charge in [-0.1, -0.05) is 39.5 Å². The Morgan fingerprint density at radius 1 is 0.306 bits per heavy atom. The fraction of sp³-hybridized carbons (Fsp3) is 0.250. The van der Waals surface area contributed by atoms with Crippen molar-refractivity contribution in [3.8, 4) is 0 Å². The highest BCUT2D eigenvalue weighted by molar-refractivity contribution is 5.84. The van der Waals surface area contributed by atoms with Crippen molar-refractivity contribution < 1.29 is 59.4 Å². The second-order valence-electron chi connectivity index (χ2n) is 6.41. The van der Waals surface area contributed by atoms with Gasteiger partial charge in [-0.15, -0.1) is 0 Å². The predicted octanol–water partition coefficient (Wildman–Crippen LogP) is -4.13. The van der Waals surface area contributed by atoms with Gasteiger partial charge in [0.2, 0.25) is 0 Å². The number of aliphatic carboxylic acids is 6. The third kappa shape index (κ3) is 63.0. The van der Waals surface area contributed by atoms with Crippen LogP contribution in [0.4, 0.5) is 0 Å². The van der Waals surface area contributed by atoms with Crippen molar-refractivity contribution in [1.82, 2.24) is 0 Å². The second-order valence-corrected chi connectivity index (χ2v) is 6.41. The van der Waals surface area contributed by atoms with E-state index < -0.39 is 35.8 Å². The second kappa shape index (κ2) is 26.5. The summed E-state index contributed by atoms with van der Waals surface area (Å²) in [5.41, 5.74) is 0.389. The van der Waals surface area contributed by atoms with Gasteiger partial charge in [-0.05, 0) is 75.0 Å².